The molecule has 36 heavy (non-hydrogen) atoms. The zero-order chi connectivity index (χ0) is 25.6. The van der Waals surface area contributed by atoms with Gasteiger partial charge in [-0.3, -0.25) is 10.1 Å². The van der Waals surface area contributed by atoms with Crippen LogP contribution in [0.5, 0.6) is 0 Å². The predicted octanol–water partition coefficient (Wildman–Crippen LogP) is 7.02. The number of anilines is 1. The van der Waals surface area contributed by atoms with Crippen molar-refractivity contribution in [3.8, 4) is 11.5 Å². The number of carbonyl (C=O) groups excluding carboxylic acids is 1. The highest BCUT2D eigenvalue weighted by Gasteiger charge is 2.21. The number of fused-ring (bicyclic) bond motifs is 1. The zero-order valence-electron chi connectivity index (χ0n) is 18.5. The molecule has 0 bridgehead atoms. The molecule has 0 saturated heterocycles. The number of halogens is 5. The molecule has 2 aromatic heterocycles. The van der Waals surface area contributed by atoms with Crippen LogP contribution in [0.1, 0.15) is 21.5 Å². The molecule has 0 spiro atoms. The van der Waals surface area contributed by atoms with E-state index in [4.69, 9.17) is 27.6 Å². The topological polar surface area (TPSA) is 73.0 Å². The van der Waals surface area contributed by atoms with Crippen LogP contribution in [-0.4, -0.2) is 20.7 Å². The second-order valence-electron chi connectivity index (χ2n) is 8.02. The summed E-state index contributed by atoms with van der Waals surface area (Å²) in [6, 6.07) is 9.96. The average molecular weight is 531 g/mol. The highest BCUT2D eigenvalue weighted by atomic mass is 35.5. The van der Waals surface area contributed by atoms with E-state index in [9.17, 15) is 18.0 Å². The number of aryl methyl sites for hydroxylation is 1. The number of hydrogen-bond donors (Lipinski definition) is 1. The zero-order valence-corrected chi connectivity index (χ0v) is 20.0. The summed E-state index contributed by atoms with van der Waals surface area (Å²) in [6.45, 7) is 2.18. The number of rotatable bonds is 5. The summed E-state index contributed by atoms with van der Waals surface area (Å²) in [6.07, 6.45) is 1.84. The lowest BCUT2D eigenvalue weighted by Crippen LogP contribution is -2.14. The van der Waals surface area contributed by atoms with E-state index in [2.05, 4.69) is 15.5 Å². The summed E-state index contributed by atoms with van der Waals surface area (Å²) in [5.74, 6) is -3.38. The first kappa shape index (κ1) is 23.9. The number of hydrogen-bond acceptors (Lipinski definition) is 4. The van der Waals surface area contributed by atoms with Crippen LogP contribution >= 0.6 is 23.2 Å². The number of carbonyl (C=O) groups is 1. The van der Waals surface area contributed by atoms with E-state index in [0.717, 1.165) is 23.3 Å². The Balaban J connectivity index is 1.52. The van der Waals surface area contributed by atoms with Gasteiger partial charge >= 0.3 is 6.01 Å². The van der Waals surface area contributed by atoms with Crippen molar-refractivity contribution in [2.45, 2.75) is 13.5 Å². The Kier molecular flexibility index (Phi) is 6.19. The van der Waals surface area contributed by atoms with E-state index in [-0.39, 0.29) is 17.5 Å². The standard InChI is InChI=1S/C25H15Cl2F3N4O2/c1-12-10-34(11-13-2-3-14(26)6-20(13)27)22-18(12)7-16(29)8-19(22)24-32-33-25(36-24)31-23(35)17-5-4-15(28)9-21(17)30/h2-10H,11H2,1H3,(H,31,33,35). The van der Waals surface area contributed by atoms with Gasteiger partial charge in [-0.05, 0) is 54.4 Å². The molecule has 0 unspecified atom stereocenters. The van der Waals surface area contributed by atoms with Gasteiger partial charge in [0.2, 0.25) is 0 Å². The minimum atomic E-state index is -1.05. The Morgan fingerprint density at radius 2 is 1.83 bits per heavy atom. The molecule has 5 aromatic rings. The van der Waals surface area contributed by atoms with E-state index < -0.39 is 28.9 Å². The quantitative estimate of drug-likeness (QED) is 0.265. The average Bonchev–Trinajstić information content (AvgIpc) is 3.39. The van der Waals surface area contributed by atoms with Gasteiger partial charge in [0.15, 0.2) is 0 Å². The normalized spacial score (nSPS) is 11.3. The summed E-state index contributed by atoms with van der Waals surface area (Å²) >= 11 is 12.4. The second-order valence-corrected chi connectivity index (χ2v) is 8.86. The van der Waals surface area contributed by atoms with Crippen LogP contribution < -0.4 is 5.32 Å². The van der Waals surface area contributed by atoms with Gasteiger partial charge in [0.1, 0.15) is 17.5 Å². The van der Waals surface area contributed by atoms with Crippen molar-refractivity contribution in [1.82, 2.24) is 14.8 Å². The van der Waals surface area contributed by atoms with Gasteiger partial charge in [0, 0.05) is 34.2 Å². The van der Waals surface area contributed by atoms with Gasteiger partial charge in [-0.15, -0.1) is 5.10 Å². The summed E-state index contributed by atoms with van der Waals surface area (Å²) in [5.41, 5.74) is 2.06. The minimum absolute atomic E-state index is 0.0732. The smallest absolute Gasteiger partial charge is 0.322 e. The fourth-order valence-corrected chi connectivity index (χ4v) is 4.39. The minimum Gasteiger partial charge on any atom is -0.403 e. The molecule has 182 valence electrons. The Hall–Kier alpha value is -3.82. The van der Waals surface area contributed by atoms with E-state index in [1.165, 1.54) is 12.1 Å². The van der Waals surface area contributed by atoms with Gasteiger partial charge in [0.25, 0.3) is 11.8 Å². The van der Waals surface area contributed by atoms with Crippen molar-refractivity contribution in [3.63, 3.8) is 0 Å². The first-order chi connectivity index (χ1) is 17.2. The molecule has 6 nitrogen and oxygen atoms in total. The number of nitrogens with one attached hydrogen (secondary N) is 1. The molecular formula is C25H15Cl2F3N4O2. The maximum absolute atomic E-state index is 14.5. The highest BCUT2D eigenvalue weighted by molar-refractivity contribution is 6.35. The summed E-state index contributed by atoms with van der Waals surface area (Å²) in [4.78, 5) is 12.4. The Morgan fingerprint density at radius 3 is 2.58 bits per heavy atom. The number of amides is 1. The van der Waals surface area contributed by atoms with E-state index >= 15 is 0 Å². The molecule has 0 aliphatic heterocycles. The lowest BCUT2D eigenvalue weighted by atomic mass is 10.1. The number of aromatic nitrogens is 3. The molecule has 1 N–H and O–H groups in total. The fraction of sp³-hybridized carbons (Fsp3) is 0.0800. The molecule has 0 fully saturated rings. The largest absolute Gasteiger partial charge is 0.403 e. The lowest BCUT2D eigenvalue weighted by Gasteiger charge is -2.10. The third-order valence-corrected chi connectivity index (χ3v) is 6.13. The summed E-state index contributed by atoms with van der Waals surface area (Å²) in [7, 11) is 0. The van der Waals surface area contributed by atoms with Crippen LogP contribution in [0, 0.1) is 24.4 Å². The maximum atomic E-state index is 14.5. The molecular weight excluding hydrogens is 516 g/mol. The highest BCUT2D eigenvalue weighted by Crippen LogP contribution is 2.34. The molecule has 2 heterocycles. The van der Waals surface area contributed by atoms with Crippen LogP contribution in [-0.2, 0) is 6.54 Å². The summed E-state index contributed by atoms with van der Waals surface area (Å²) in [5, 5.41) is 11.6. The third kappa shape index (κ3) is 4.55. The second kappa shape index (κ2) is 9.33. The number of benzene rings is 3. The van der Waals surface area contributed by atoms with Crippen molar-refractivity contribution in [2.75, 3.05) is 5.32 Å². The van der Waals surface area contributed by atoms with Crippen LogP contribution in [0.25, 0.3) is 22.4 Å². The summed E-state index contributed by atoms with van der Waals surface area (Å²) < 4.78 is 49.1. The first-order valence-corrected chi connectivity index (χ1v) is 11.3. The number of nitrogens with zero attached hydrogens (tertiary/aromatic N) is 3. The molecule has 0 aliphatic rings. The van der Waals surface area contributed by atoms with Crippen LogP contribution in [0.15, 0.2) is 59.1 Å². The molecule has 11 heteroatoms. The Morgan fingerprint density at radius 1 is 1.03 bits per heavy atom. The van der Waals surface area contributed by atoms with Crippen molar-refractivity contribution < 1.29 is 22.4 Å². The SMILES string of the molecule is Cc1cn(Cc2ccc(Cl)cc2Cl)c2c(-c3nnc(NC(=O)c4ccc(F)cc4F)o3)cc(F)cc12. The predicted molar refractivity (Wildman–Crippen MR) is 130 cm³/mol. The van der Waals surface area contributed by atoms with Gasteiger partial charge in [-0.1, -0.05) is 34.4 Å². The molecule has 5 rings (SSSR count). The monoisotopic (exact) mass is 530 g/mol. The van der Waals surface area contributed by atoms with Gasteiger partial charge < -0.3 is 8.98 Å². The Labute approximate surface area is 212 Å². The van der Waals surface area contributed by atoms with Crippen molar-refractivity contribution in [1.29, 1.82) is 0 Å². The molecule has 1 amide bonds. The van der Waals surface area contributed by atoms with Crippen molar-refractivity contribution >= 4 is 46.0 Å². The van der Waals surface area contributed by atoms with E-state index in [0.29, 0.717) is 33.6 Å². The molecule has 3 aromatic carbocycles. The molecule has 0 aliphatic carbocycles. The van der Waals surface area contributed by atoms with Gasteiger partial charge in [-0.2, -0.15) is 0 Å². The van der Waals surface area contributed by atoms with Crippen LogP contribution in [0.2, 0.25) is 10.0 Å². The van der Waals surface area contributed by atoms with Crippen LogP contribution in [0.3, 0.4) is 0 Å². The third-order valence-electron chi connectivity index (χ3n) is 5.54. The van der Waals surface area contributed by atoms with E-state index in [1.807, 2.05) is 17.7 Å². The van der Waals surface area contributed by atoms with Crippen molar-refractivity contribution in [3.05, 3.63) is 98.9 Å². The molecule has 0 atom stereocenters. The molecule has 0 saturated carbocycles. The van der Waals surface area contributed by atoms with Crippen molar-refractivity contribution in [2.24, 2.45) is 0 Å². The van der Waals surface area contributed by atoms with Crippen LogP contribution in [0.4, 0.5) is 19.2 Å². The first-order valence-electron chi connectivity index (χ1n) is 10.5. The fourth-order valence-electron chi connectivity index (χ4n) is 3.92. The van der Waals surface area contributed by atoms with E-state index in [1.54, 1.807) is 18.2 Å². The lowest BCUT2D eigenvalue weighted by molar-refractivity contribution is 0.102. The Bertz CT molecular complexity index is 1650. The van der Waals surface area contributed by atoms with Gasteiger partial charge in [-0.25, -0.2) is 13.2 Å². The molecule has 0 radical (unpaired) electrons. The van der Waals surface area contributed by atoms with Gasteiger partial charge in [0.05, 0.1) is 16.6 Å². The maximum Gasteiger partial charge on any atom is 0.322 e.